The Balaban J connectivity index is 3.08. The van der Waals surface area contributed by atoms with Crippen LogP contribution in [0.15, 0.2) is 12.1 Å². The number of hydrogen-bond donors (Lipinski definition) is 1. The molecule has 86 valence electrons. The van der Waals surface area contributed by atoms with Gasteiger partial charge in [0.05, 0.1) is 11.8 Å². The van der Waals surface area contributed by atoms with Crippen molar-refractivity contribution in [2.75, 3.05) is 10.5 Å². The molecule has 0 aliphatic rings. The molecule has 0 atom stereocenters. The summed E-state index contributed by atoms with van der Waals surface area (Å²) in [6.07, 6.45) is 0. The zero-order chi connectivity index (χ0) is 12.3. The lowest BCUT2D eigenvalue weighted by Gasteiger charge is -2.07. The fraction of sp³-hybridized carbons (Fsp3) is 0.222. The second-order valence-corrected chi connectivity index (χ2v) is 4.82. The smallest absolute Gasteiger partial charge is 0.246 e. The summed E-state index contributed by atoms with van der Waals surface area (Å²) < 4.78 is 50.3. The summed E-state index contributed by atoms with van der Waals surface area (Å²) >= 11 is 0. The molecule has 1 aromatic carbocycles. The van der Waals surface area contributed by atoms with Gasteiger partial charge in [0.15, 0.2) is 5.75 Å². The molecule has 7 heteroatoms. The number of anilines is 1. The molecule has 0 bridgehead atoms. The molecule has 0 saturated carbocycles. The van der Waals surface area contributed by atoms with E-state index in [2.05, 4.69) is 0 Å². The van der Waals surface area contributed by atoms with Gasteiger partial charge in [-0.2, -0.15) is 5.26 Å². The number of hydrogen-bond acceptors (Lipinski definition) is 3. The molecule has 1 aromatic rings. The standard InChI is InChI=1S/C9H8F2N2O2S/c1-6-4-8(11)9(5-7(6)10)13-16(14,15)3-2-12/h4-5,13H,3H2,1H3. The van der Waals surface area contributed by atoms with Crippen LogP contribution in [0.1, 0.15) is 5.56 Å². The lowest BCUT2D eigenvalue weighted by atomic mass is 10.2. The van der Waals surface area contributed by atoms with E-state index in [4.69, 9.17) is 5.26 Å². The van der Waals surface area contributed by atoms with E-state index in [0.717, 1.165) is 12.1 Å². The molecule has 4 nitrogen and oxygen atoms in total. The average Bonchev–Trinajstić information content (AvgIpc) is 2.13. The summed E-state index contributed by atoms with van der Waals surface area (Å²) in [5.41, 5.74) is -0.431. The average molecular weight is 246 g/mol. The van der Waals surface area contributed by atoms with Crippen molar-refractivity contribution in [2.45, 2.75) is 6.92 Å². The Labute approximate surface area is 91.6 Å². The van der Waals surface area contributed by atoms with E-state index < -0.39 is 33.1 Å². The van der Waals surface area contributed by atoms with E-state index in [1.165, 1.54) is 13.0 Å². The summed E-state index contributed by atoms with van der Waals surface area (Å²) in [5.74, 6) is -2.43. The Morgan fingerprint density at radius 2 is 2.00 bits per heavy atom. The van der Waals surface area contributed by atoms with Crippen molar-refractivity contribution in [3.8, 4) is 6.07 Å². The third-order valence-electron chi connectivity index (χ3n) is 1.77. The number of nitrogens with zero attached hydrogens (tertiary/aromatic N) is 1. The van der Waals surface area contributed by atoms with Gasteiger partial charge in [0.2, 0.25) is 10.0 Å². The zero-order valence-electron chi connectivity index (χ0n) is 8.29. The highest BCUT2D eigenvalue weighted by Crippen LogP contribution is 2.19. The van der Waals surface area contributed by atoms with E-state index in [1.807, 2.05) is 0 Å². The topological polar surface area (TPSA) is 70.0 Å². The third-order valence-corrected chi connectivity index (χ3v) is 2.81. The highest BCUT2D eigenvalue weighted by molar-refractivity contribution is 7.92. The van der Waals surface area contributed by atoms with Gasteiger partial charge in [-0.1, -0.05) is 0 Å². The molecule has 1 N–H and O–H groups in total. The van der Waals surface area contributed by atoms with Gasteiger partial charge in [0, 0.05) is 6.07 Å². The Hall–Kier alpha value is -1.68. The van der Waals surface area contributed by atoms with Gasteiger partial charge >= 0.3 is 0 Å². The first kappa shape index (κ1) is 12.4. The molecule has 0 heterocycles. The molecule has 0 aromatic heterocycles. The normalized spacial score (nSPS) is 10.9. The Morgan fingerprint density at radius 1 is 1.38 bits per heavy atom. The maximum absolute atomic E-state index is 13.2. The number of sulfonamides is 1. The predicted molar refractivity (Wildman–Crippen MR) is 54.1 cm³/mol. The van der Waals surface area contributed by atoms with Crippen molar-refractivity contribution in [1.29, 1.82) is 5.26 Å². The van der Waals surface area contributed by atoms with Crippen LogP contribution in [-0.2, 0) is 10.0 Å². The molecule has 16 heavy (non-hydrogen) atoms. The van der Waals surface area contributed by atoms with Crippen molar-refractivity contribution < 1.29 is 17.2 Å². The maximum atomic E-state index is 13.2. The number of nitrogens with one attached hydrogen (secondary N) is 1. The van der Waals surface area contributed by atoms with Crippen LogP contribution in [0.3, 0.4) is 0 Å². The van der Waals surface area contributed by atoms with E-state index in [1.54, 1.807) is 4.72 Å². The minimum Gasteiger partial charge on any atom is -0.280 e. The molecule has 0 spiro atoms. The van der Waals surface area contributed by atoms with Crippen LogP contribution in [0, 0.1) is 29.9 Å². The van der Waals surface area contributed by atoms with Crippen LogP contribution in [0.4, 0.5) is 14.5 Å². The maximum Gasteiger partial charge on any atom is 0.246 e. The molecule has 0 unspecified atom stereocenters. The number of benzene rings is 1. The van der Waals surface area contributed by atoms with Gasteiger partial charge in [-0.05, 0) is 18.6 Å². The monoisotopic (exact) mass is 246 g/mol. The highest BCUT2D eigenvalue weighted by Gasteiger charge is 2.14. The van der Waals surface area contributed by atoms with Crippen LogP contribution < -0.4 is 4.72 Å². The Morgan fingerprint density at radius 3 is 2.56 bits per heavy atom. The van der Waals surface area contributed by atoms with E-state index in [-0.39, 0.29) is 5.56 Å². The summed E-state index contributed by atoms with van der Waals surface area (Å²) in [6, 6.07) is 3.02. The van der Waals surface area contributed by atoms with Gasteiger partial charge in [0.25, 0.3) is 0 Å². The minimum absolute atomic E-state index is 0.0701. The first-order valence-electron chi connectivity index (χ1n) is 4.19. The Bertz CT molecular complexity index is 549. The molecule has 0 aliphatic carbocycles. The van der Waals surface area contributed by atoms with Crippen LogP contribution in [0.5, 0.6) is 0 Å². The van der Waals surface area contributed by atoms with Gasteiger partial charge in [-0.25, -0.2) is 17.2 Å². The molecule has 0 amide bonds. The zero-order valence-corrected chi connectivity index (χ0v) is 9.11. The van der Waals surface area contributed by atoms with Crippen LogP contribution in [0.2, 0.25) is 0 Å². The van der Waals surface area contributed by atoms with Crippen LogP contribution >= 0.6 is 0 Å². The summed E-state index contributed by atoms with van der Waals surface area (Å²) in [4.78, 5) is 0. The van der Waals surface area contributed by atoms with E-state index in [0.29, 0.717) is 0 Å². The second kappa shape index (κ2) is 4.45. The molecule has 0 fully saturated rings. The number of nitriles is 1. The lowest BCUT2D eigenvalue weighted by molar-refractivity contribution is 0.591. The van der Waals surface area contributed by atoms with E-state index >= 15 is 0 Å². The van der Waals surface area contributed by atoms with Gasteiger partial charge in [-0.3, -0.25) is 4.72 Å². The molecule has 0 saturated heterocycles. The third kappa shape index (κ3) is 2.90. The van der Waals surface area contributed by atoms with E-state index in [9.17, 15) is 17.2 Å². The fourth-order valence-corrected chi connectivity index (χ4v) is 1.75. The van der Waals surface area contributed by atoms with Gasteiger partial charge in [0.1, 0.15) is 11.6 Å². The predicted octanol–water partition coefficient (Wildman–Crippen LogP) is 1.54. The SMILES string of the molecule is Cc1cc(F)c(NS(=O)(=O)CC#N)cc1F. The van der Waals surface area contributed by atoms with Crippen LogP contribution in [0.25, 0.3) is 0 Å². The summed E-state index contributed by atoms with van der Waals surface area (Å²) in [6.45, 7) is 1.35. The lowest BCUT2D eigenvalue weighted by Crippen LogP contribution is -2.16. The van der Waals surface area contributed by atoms with Gasteiger partial charge < -0.3 is 0 Å². The van der Waals surface area contributed by atoms with Crippen LogP contribution in [-0.4, -0.2) is 14.2 Å². The number of halogens is 2. The fourth-order valence-electron chi connectivity index (χ4n) is 1.01. The number of rotatable bonds is 3. The second-order valence-electron chi connectivity index (χ2n) is 3.10. The molecule has 0 radical (unpaired) electrons. The van der Waals surface area contributed by atoms with Crippen molar-refractivity contribution in [2.24, 2.45) is 0 Å². The molecule has 1 rings (SSSR count). The number of aryl methyl sites for hydroxylation is 1. The van der Waals surface area contributed by atoms with Crippen molar-refractivity contribution in [3.05, 3.63) is 29.3 Å². The quantitative estimate of drug-likeness (QED) is 0.879. The summed E-state index contributed by atoms with van der Waals surface area (Å²) in [7, 11) is -3.95. The first-order chi connectivity index (χ1) is 7.35. The Kier molecular flexibility index (Phi) is 3.44. The van der Waals surface area contributed by atoms with Gasteiger partial charge in [-0.15, -0.1) is 0 Å². The van der Waals surface area contributed by atoms with Crippen molar-refractivity contribution >= 4 is 15.7 Å². The highest BCUT2D eigenvalue weighted by atomic mass is 32.2. The van der Waals surface area contributed by atoms with Crippen molar-refractivity contribution in [3.63, 3.8) is 0 Å². The first-order valence-corrected chi connectivity index (χ1v) is 5.84. The largest absolute Gasteiger partial charge is 0.280 e. The molecule has 0 aliphatic heterocycles. The van der Waals surface area contributed by atoms with Crippen molar-refractivity contribution in [1.82, 2.24) is 0 Å². The minimum atomic E-state index is -3.95. The molecular formula is C9H8F2N2O2S. The summed E-state index contributed by atoms with van der Waals surface area (Å²) in [5, 5.41) is 8.21. The molecular weight excluding hydrogens is 238 g/mol.